The first-order valence-electron chi connectivity index (χ1n) is 9.27. The highest BCUT2D eigenvalue weighted by Crippen LogP contribution is 2.30. The van der Waals surface area contributed by atoms with Crippen LogP contribution < -0.4 is 5.32 Å². The summed E-state index contributed by atoms with van der Waals surface area (Å²) in [7, 11) is 2.56. The monoisotopic (exact) mass is 443 g/mol. The molecule has 9 nitrogen and oxygen atoms in total. The zero-order valence-corrected chi connectivity index (χ0v) is 17.8. The zero-order chi connectivity index (χ0) is 22.4. The van der Waals surface area contributed by atoms with Gasteiger partial charge in [0.05, 0.1) is 38.5 Å². The summed E-state index contributed by atoms with van der Waals surface area (Å²) < 4.78 is 9.52. The van der Waals surface area contributed by atoms with Crippen molar-refractivity contribution in [3.63, 3.8) is 0 Å². The second kappa shape index (κ2) is 10.1. The minimum absolute atomic E-state index is 0.0626. The number of carbonyl (C=O) groups is 3. The molecular formula is C21H21N3O6S. The highest BCUT2D eigenvalue weighted by molar-refractivity contribution is 7.99. The van der Waals surface area contributed by atoms with Crippen molar-refractivity contribution >= 4 is 35.3 Å². The lowest BCUT2D eigenvalue weighted by molar-refractivity contribution is -0.136. The number of aromatic nitrogens is 1. The van der Waals surface area contributed by atoms with Crippen LogP contribution in [-0.2, 0) is 19.1 Å². The summed E-state index contributed by atoms with van der Waals surface area (Å²) in [4.78, 5) is 42.9. The number of hydrogen-bond donors (Lipinski definition) is 2. The van der Waals surface area contributed by atoms with Crippen molar-refractivity contribution in [3.05, 3.63) is 59.4 Å². The lowest BCUT2D eigenvalue weighted by atomic mass is 10.2. The Labute approximate surface area is 183 Å². The maximum atomic E-state index is 12.7. The van der Waals surface area contributed by atoms with Gasteiger partial charge in [-0.1, -0.05) is 17.8 Å². The van der Waals surface area contributed by atoms with Gasteiger partial charge in [-0.3, -0.25) is 4.79 Å². The number of methoxy groups -OCH3 is 2. The molecule has 0 bridgehead atoms. The quantitative estimate of drug-likeness (QED) is 0.588. The minimum atomic E-state index is -0.606. The third-order valence-corrected chi connectivity index (χ3v) is 5.36. The summed E-state index contributed by atoms with van der Waals surface area (Å²) in [5.41, 5.74) is 1.30. The standard InChI is InChI=1S/C21H21N3O6S/c1-29-20(27)13-6-7-22-17(10-13)31-15-5-3-4-14(11-15)23-18-16(21(28)30-2)12-24(8-9-25)19(18)26/h3-7,10-11,23,25H,8-9,12H2,1-2H3. The molecule has 2 N–H and O–H groups in total. The zero-order valence-electron chi connectivity index (χ0n) is 17.0. The van der Waals surface area contributed by atoms with Crippen LogP contribution in [0.25, 0.3) is 0 Å². The van der Waals surface area contributed by atoms with Crippen molar-refractivity contribution in [2.24, 2.45) is 0 Å². The predicted molar refractivity (Wildman–Crippen MR) is 112 cm³/mol. The van der Waals surface area contributed by atoms with Gasteiger partial charge in [-0.15, -0.1) is 0 Å². The molecule has 1 aromatic heterocycles. The Morgan fingerprint density at radius 3 is 2.68 bits per heavy atom. The third kappa shape index (κ3) is 5.22. The van der Waals surface area contributed by atoms with E-state index >= 15 is 0 Å². The van der Waals surface area contributed by atoms with Gasteiger partial charge in [0.15, 0.2) is 0 Å². The van der Waals surface area contributed by atoms with Crippen molar-refractivity contribution in [2.45, 2.75) is 9.92 Å². The number of carbonyl (C=O) groups excluding carboxylic acids is 3. The number of aliphatic hydroxyl groups is 1. The van der Waals surface area contributed by atoms with E-state index in [1.807, 2.05) is 6.07 Å². The van der Waals surface area contributed by atoms with Crippen molar-refractivity contribution in [3.8, 4) is 0 Å². The maximum absolute atomic E-state index is 12.7. The number of esters is 2. The smallest absolute Gasteiger partial charge is 0.337 e. The Bertz CT molecular complexity index is 1040. The normalized spacial score (nSPS) is 13.4. The molecule has 1 aromatic carbocycles. The molecule has 1 amide bonds. The topological polar surface area (TPSA) is 118 Å². The van der Waals surface area contributed by atoms with Gasteiger partial charge < -0.3 is 24.8 Å². The van der Waals surface area contributed by atoms with Crippen LogP contribution in [0.2, 0.25) is 0 Å². The number of hydrogen-bond acceptors (Lipinski definition) is 9. The Balaban J connectivity index is 1.82. The fourth-order valence-electron chi connectivity index (χ4n) is 2.96. The highest BCUT2D eigenvalue weighted by Gasteiger charge is 2.34. The minimum Gasteiger partial charge on any atom is -0.466 e. The van der Waals surface area contributed by atoms with Crippen molar-refractivity contribution in [1.29, 1.82) is 0 Å². The summed E-state index contributed by atoms with van der Waals surface area (Å²) in [5.74, 6) is -1.44. The number of amides is 1. The molecule has 0 unspecified atom stereocenters. The van der Waals surface area contributed by atoms with Crippen LogP contribution in [0, 0.1) is 0 Å². The summed E-state index contributed by atoms with van der Waals surface area (Å²) in [6.45, 7) is -0.0348. The molecule has 0 atom stereocenters. The van der Waals surface area contributed by atoms with Gasteiger partial charge in [0.1, 0.15) is 10.7 Å². The van der Waals surface area contributed by atoms with Gasteiger partial charge in [-0.05, 0) is 30.3 Å². The van der Waals surface area contributed by atoms with Gasteiger partial charge in [0.25, 0.3) is 5.91 Å². The Morgan fingerprint density at radius 2 is 1.97 bits per heavy atom. The van der Waals surface area contributed by atoms with Crippen LogP contribution >= 0.6 is 11.8 Å². The fraction of sp³-hybridized carbons (Fsp3) is 0.238. The molecule has 0 aliphatic carbocycles. The Kier molecular flexibility index (Phi) is 7.27. The molecule has 1 aliphatic rings. The number of β-amino-alcohol motifs (C(OH)–C–C–N with tert-alkyl or cyclic N) is 1. The van der Waals surface area contributed by atoms with E-state index in [-0.39, 0.29) is 36.9 Å². The molecule has 2 aromatic rings. The fourth-order valence-corrected chi connectivity index (χ4v) is 3.83. The highest BCUT2D eigenvalue weighted by atomic mass is 32.2. The van der Waals surface area contributed by atoms with E-state index in [0.717, 1.165) is 4.90 Å². The van der Waals surface area contributed by atoms with E-state index < -0.39 is 11.9 Å². The molecule has 0 fully saturated rings. The second-order valence-corrected chi connectivity index (χ2v) is 7.52. The van der Waals surface area contributed by atoms with Gasteiger partial charge in [-0.2, -0.15) is 0 Å². The van der Waals surface area contributed by atoms with Crippen LogP contribution in [0.15, 0.2) is 63.8 Å². The summed E-state index contributed by atoms with van der Waals surface area (Å²) in [6.07, 6.45) is 1.52. The molecule has 0 radical (unpaired) electrons. The average Bonchev–Trinajstić information content (AvgIpc) is 3.08. The Hall–Kier alpha value is -3.37. The number of anilines is 1. The first-order chi connectivity index (χ1) is 15.0. The first-order valence-corrected chi connectivity index (χ1v) is 10.1. The molecule has 10 heteroatoms. The van der Waals surface area contributed by atoms with E-state index in [1.165, 1.54) is 37.1 Å². The second-order valence-electron chi connectivity index (χ2n) is 6.42. The lowest BCUT2D eigenvalue weighted by Crippen LogP contribution is -2.31. The van der Waals surface area contributed by atoms with E-state index in [2.05, 4.69) is 10.3 Å². The van der Waals surface area contributed by atoms with Gasteiger partial charge in [-0.25, -0.2) is 14.6 Å². The molecule has 0 saturated carbocycles. The molecular weight excluding hydrogens is 422 g/mol. The van der Waals surface area contributed by atoms with Crippen molar-refractivity contribution < 1.29 is 29.0 Å². The maximum Gasteiger partial charge on any atom is 0.337 e. The van der Waals surface area contributed by atoms with E-state index in [4.69, 9.17) is 14.6 Å². The van der Waals surface area contributed by atoms with Crippen LogP contribution in [-0.4, -0.2) is 66.8 Å². The molecule has 0 spiro atoms. The number of rotatable bonds is 8. The predicted octanol–water partition coefficient (Wildman–Crippen LogP) is 1.69. The van der Waals surface area contributed by atoms with Crippen molar-refractivity contribution in [1.82, 2.24) is 9.88 Å². The van der Waals surface area contributed by atoms with E-state index in [9.17, 15) is 14.4 Å². The molecule has 1 aliphatic heterocycles. The molecule has 2 heterocycles. The number of pyridine rings is 1. The molecule has 162 valence electrons. The molecule has 0 saturated heterocycles. The van der Waals surface area contributed by atoms with Crippen LogP contribution in [0.3, 0.4) is 0 Å². The third-order valence-electron chi connectivity index (χ3n) is 4.44. The van der Waals surface area contributed by atoms with Gasteiger partial charge in [0, 0.05) is 23.3 Å². The Morgan fingerprint density at radius 1 is 1.19 bits per heavy atom. The largest absolute Gasteiger partial charge is 0.466 e. The SMILES string of the molecule is COC(=O)C1=C(Nc2cccc(Sc3cc(C(=O)OC)ccn3)c2)C(=O)N(CCO)C1. The number of ether oxygens (including phenoxy) is 2. The van der Waals surface area contributed by atoms with Gasteiger partial charge >= 0.3 is 11.9 Å². The number of benzene rings is 1. The first kappa shape index (κ1) is 22.3. The van der Waals surface area contributed by atoms with E-state index in [1.54, 1.807) is 30.3 Å². The molecule has 31 heavy (non-hydrogen) atoms. The summed E-state index contributed by atoms with van der Waals surface area (Å²) in [6, 6.07) is 10.4. The van der Waals surface area contributed by atoms with E-state index in [0.29, 0.717) is 16.3 Å². The van der Waals surface area contributed by atoms with Crippen LogP contribution in [0.1, 0.15) is 10.4 Å². The van der Waals surface area contributed by atoms with Gasteiger partial charge in [0.2, 0.25) is 0 Å². The lowest BCUT2D eigenvalue weighted by Gasteiger charge is -2.15. The summed E-state index contributed by atoms with van der Waals surface area (Å²) >= 11 is 1.33. The molecule has 3 rings (SSSR count). The average molecular weight is 443 g/mol. The number of aliphatic hydroxyl groups excluding tert-OH is 1. The number of nitrogens with one attached hydrogen (secondary N) is 1. The summed E-state index contributed by atoms with van der Waals surface area (Å²) in [5, 5.41) is 12.8. The number of nitrogens with zero attached hydrogens (tertiary/aromatic N) is 2. The van der Waals surface area contributed by atoms with Crippen LogP contribution in [0.5, 0.6) is 0 Å². The van der Waals surface area contributed by atoms with Crippen LogP contribution in [0.4, 0.5) is 5.69 Å². The van der Waals surface area contributed by atoms with Crippen molar-refractivity contribution in [2.75, 3.05) is 39.2 Å².